The van der Waals surface area contributed by atoms with Crippen LogP contribution in [0.2, 0.25) is 0 Å². The van der Waals surface area contributed by atoms with E-state index in [0.717, 1.165) is 57.4 Å². The molecule has 0 saturated heterocycles. The number of rotatable bonds is 34. The topological polar surface area (TPSA) is 49.9 Å². The monoisotopic (exact) mass is 669 g/mol. The molecule has 0 aliphatic rings. The Morgan fingerprint density at radius 1 is 0.587 bits per heavy atom. The van der Waals surface area contributed by atoms with Crippen LogP contribution < -0.4 is 0 Å². The standard InChI is InChI=1S/C40H80N2O3S/c1-7-10-13-16-17-18-23-28-33-42(40(44)46-36-37(4)41(5)6)34-29-24-19-22-27-32-39(43)45-35-38(30-25-20-14-11-8-2)31-26-21-15-12-9-3/h37-38H,7-36H2,1-6H3. The van der Waals surface area contributed by atoms with Crippen LogP contribution in [0.3, 0.4) is 0 Å². The molecule has 0 heterocycles. The van der Waals surface area contributed by atoms with Crippen LogP contribution >= 0.6 is 11.8 Å². The molecule has 0 spiro atoms. The molecular formula is C40H80N2O3S. The zero-order valence-corrected chi connectivity index (χ0v) is 32.7. The molecule has 0 aromatic carbocycles. The summed E-state index contributed by atoms with van der Waals surface area (Å²) in [6.07, 6.45) is 31.6. The maximum atomic E-state index is 13.1. The summed E-state index contributed by atoms with van der Waals surface area (Å²) in [6, 6.07) is 0.391. The minimum atomic E-state index is -0.00641. The molecule has 0 aliphatic carbocycles. The molecule has 1 atom stereocenters. The lowest BCUT2D eigenvalue weighted by molar-refractivity contribution is -0.145. The summed E-state index contributed by atoms with van der Waals surface area (Å²) >= 11 is 1.49. The molecule has 274 valence electrons. The zero-order chi connectivity index (χ0) is 34.1. The van der Waals surface area contributed by atoms with Gasteiger partial charge in [-0.3, -0.25) is 9.59 Å². The maximum absolute atomic E-state index is 13.1. The molecule has 46 heavy (non-hydrogen) atoms. The molecule has 1 unspecified atom stereocenters. The van der Waals surface area contributed by atoms with Crippen molar-refractivity contribution >= 4 is 23.0 Å². The Labute approximate surface area is 292 Å². The summed E-state index contributed by atoms with van der Waals surface area (Å²) < 4.78 is 5.79. The number of carbonyl (C=O) groups excluding carboxylic acids is 2. The van der Waals surface area contributed by atoms with Gasteiger partial charge >= 0.3 is 5.97 Å². The van der Waals surface area contributed by atoms with Crippen molar-refractivity contribution in [2.45, 2.75) is 201 Å². The molecule has 0 aromatic rings. The van der Waals surface area contributed by atoms with E-state index in [1.54, 1.807) is 0 Å². The normalized spacial score (nSPS) is 12.3. The molecule has 1 amide bonds. The molecule has 0 rings (SSSR count). The summed E-state index contributed by atoms with van der Waals surface area (Å²) in [6.45, 7) is 11.4. The Bertz CT molecular complexity index is 661. The first-order valence-corrected chi connectivity index (χ1v) is 21.1. The van der Waals surface area contributed by atoms with Gasteiger partial charge in [0.25, 0.3) is 5.24 Å². The van der Waals surface area contributed by atoms with Crippen molar-refractivity contribution in [3.8, 4) is 0 Å². The SMILES string of the molecule is CCCCCCCCCCN(CCCCCCCC(=O)OCC(CCCCCCC)CCCCCCC)C(=O)SCC(C)N(C)C. The van der Waals surface area contributed by atoms with Crippen molar-refractivity contribution in [1.82, 2.24) is 9.80 Å². The van der Waals surface area contributed by atoms with Crippen molar-refractivity contribution in [1.29, 1.82) is 0 Å². The number of hydrogen-bond donors (Lipinski definition) is 0. The fourth-order valence-corrected chi connectivity index (χ4v) is 6.98. The largest absolute Gasteiger partial charge is 0.465 e. The van der Waals surface area contributed by atoms with Gasteiger partial charge in [-0.15, -0.1) is 0 Å². The Morgan fingerprint density at radius 2 is 1.00 bits per heavy atom. The summed E-state index contributed by atoms with van der Waals surface area (Å²) in [4.78, 5) is 29.9. The van der Waals surface area contributed by atoms with Gasteiger partial charge in [0, 0.05) is 31.3 Å². The second kappa shape index (κ2) is 34.1. The van der Waals surface area contributed by atoms with Crippen molar-refractivity contribution in [3.05, 3.63) is 0 Å². The maximum Gasteiger partial charge on any atom is 0.305 e. The molecule has 5 nitrogen and oxygen atoms in total. The molecule has 0 saturated carbocycles. The molecule has 0 bridgehead atoms. The van der Waals surface area contributed by atoms with Gasteiger partial charge < -0.3 is 14.5 Å². The van der Waals surface area contributed by atoms with Crippen LogP contribution in [0.15, 0.2) is 0 Å². The van der Waals surface area contributed by atoms with E-state index in [9.17, 15) is 9.59 Å². The Kier molecular flexibility index (Phi) is 33.6. The third kappa shape index (κ3) is 29.4. The number of carbonyl (C=O) groups is 2. The van der Waals surface area contributed by atoms with Gasteiger partial charge in [-0.2, -0.15) is 0 Å². The third-order valence-electron chi connectivity index (χ3n) is 9.59. The summed E-state index contributed by atoms with van der Waals surface area (Å²) in [5.41, 5.74) is 0. The van der Waals surface area contributed by atoms with Crippen LogP contribution in [-0.2, 0) is 9.53 Å². The van der Waals surface area contributed by atoms with Crippen LogP contribution in [-0.4, -0.2) is 66.6 Å². The van der Waals surface area contributed by atoms with Gasteiger partial charge in [-0.1, -0.05) is 161 Å². The number of hydrogen-bond acceptors (Lipinski definition) is 5. The highest BCUT2D eigenvalue weighted by molar-refractivity contribution is 8.13. The van der Waals surface area contributed by atoms with E-state index in [2.05, 4.69) is 51.6 Å². The first-order chi connectivity index (χ1) is 22.3. The van der Waals surface area contributed by atoms with Crippen LogP contribution in [0, 0.1) is 5.92 Å². The highest BCUT2D eigenvalue weighted by Crippen LogP contribution is 2.20. The Morgan fingerprint density at radius 3 is 1.46 bits per heavy atom. The molecule has 0 aromatic heterocycles. The van der Waals surface area contributed by atoms with E-state index in [0.29, 0.717) is 25.0 Å². The molecular weight excluding hydrogens is 589 g/mol. The van der Waals surface area contributed by atoms with Crippen LogP contribution in [0.25, 0.3) is 0 Å². The number of esters is 1. The van der Waals surface area contributed by atoms with Gasteiger partial charge in [0.15, 0.2) is 0 Å². The quantitative estimate of drug-likeness (QED) is 0.0504. The van der Waals surface area contributed by atoms with Crippen molar-refractivity contribution < 1.29 is 14.3 Å². The lowest BCUT2D eigenvalue weighted by atomic mass is 9.95. The smallest absolute Gasteiger partial charge is 0.305 e. The number of amides is 1. The highest BCUT2D eigenvalue weighted by atomic mass is 32.2. The first kappa shape index (κ1) is 45.2. The van der Waals surface area contributed by atoms with Gasteiger partial charge in [0.1, 0.15) is 0 Å². The highest BCUT2D eigenvalue weighted by Gasteiger charge is 2.16. The molecule has 0 fully saturated rings. The predicted octanol–water partition coefficient (Wildman–Crippen LogP) is 12.5. The van der Waals surface area contributed by atoms with E-state index < -0.39 is 0 Å². The van der Waals surface area contributed by atoms with Gasteiger partial charge in [-0.05, 0) is 59.0 Å². The predicted molar refractivity (Wildman–Crippen MR) is 204 cm³/mol. The Hall–Kier alpha value is -0.750. The third-order valence-corrected chi connectivity index (χ3v) is 10.7. The Balaban J connectivity index is 4.34. The number of thioether (sulfide) groups is 1. The van der Waals surface area contributed by atoms with E-state index in [-0.39, 0.29) is 11.2 Å². The lowest BCUT2D eigenvalue weighted by Gasteiger charge is -2.24. The zero-order valence-electron chi connectivity index (χ0n) is 31.9. The lowest BCUT2D eigenvalue weighted by Crippen LogP contribution is -2.32. The average molecular weight is 669 g/mol. The van der Waals surface area contributed by atoms with E-state index in [1.807, 2.05) is 0 Å². The van der Waals surface area contributed by atoms with E-state index in [4.69, 9.17) is 4.74 Å². The van der Waals surface area contributed by atoms with E-state index >= 15 is 0 Å². The van der Waals surface area contributed by atoms with Crippen molar-refractivity contribution in [3.63, 3.8) is 0 Å². The summed E-state index contributed by atoms with van der Waals surface area (Å²) in [7, 11) is 4.16. The molecule has 6 heteroatoms. The van der Waals surface area contributed by atoms with Crippen LogP contribution in [0.5, 0.6) is 0 Å². The van der Waals surface area contributed by atoms with Crippen molar-refractivity contribution in [2.24, 2.45) is 5.92 Å². The van der Waals surface area contributed by atoms with Gasteiger partial charge in [0.05, 0.1) is 6.61 Å². The average Bonchev–Trinajstić information content (AvgIpc) is 3.04. The number of nitrogens with zero attached hydrogens (tertiary/aromatic N) is 2. The summed E-state index contributed by atoms with van der Waals surface area (Å²) in [5.74, 6) is 1.37. The second-order valence-electron chi connectivity index (χ2n) is 14.3. The minimum Gasteiger partial charge on any atom is -0.465 e. The van der Waals surface area contributed by atoms with E-state index in [1.165, 1.54) is 134 Å². The van der Waals surface area contributed by atoms with Crippen LogP contribution in [0.1, 0.15) is 195 Å². The first-order valence-electron chi connectivity index (χ1n) is 20.1. The number of ether oxygens (including phenoxy) is 1. The molecule has 0 radical (unpaired) electrons. The fourth-order valence-electron chi connectivity index (χ4n) is 5.93. The van der Waals surface area contributed by atoms with Crippen molar-refractivity contribution in [2.75, 3.05) is 39.5 Å². The summed E-state index contributed by atoms with van der Waals surface area (Å²) in [5, 5.41) is 0.250. The minimum absolute atomic E-state index is 0.00641. The van der Waals surface area contributed by atoms with Crippen LogP contribution in [0.4, 0.5) is 4.79 Å². The van der Waals surface area contributed by atoms with Gasteiger partial charge in [-0.25, -0.2) is 0 Å². The van der Waals surface area contributed by atoms with Gasteiger partial charge in [0.2, 0.25) is 0 Å². The fraction of sp³-hybridized carbons (Fsp3) is 0.950. The molecule has 0 aliphatic heterocycles. The molecule has 0 N–H and O–H groups in total. The number of unbranched alkanes of at least 4 members (excludes halogenated alkanes) is 19. The second-order valence-corrected chi connectivity index (χ2v) is 15.3.